The molecule has 1 fully saturated rings. The first-order chi connectivity index (χ1) is 7.88. The summed E-state index contributed by atoms with van der Waals surface area (Å²) in [6.45, 7) is 5.68. The second-order valence-corrected chi connectivity index (χ2v) is 6.88. The lowest BCUT2D eigenvalue weighted by Crippen LogP contribution is -2.43. The highest BCUT2D eigenvalue weighted by atomic mass is 32.2. The van der Waals surface area contributed by atoms with Crippen LogP contribution in [-0.2, 0) is 10.0 Å². The van der Waals surface area contributed by atoms with Crippen LogP contribution in [0.4, 0.5) is 0 Å². The summed E-state index contributed by atoms with van der Waals surface area (Å²) in [5.74, 6) is 0.712. The van der Waals surface area contributed by atoms with E-state index in [0.29, 0.717) is 25.0 Å². The molecule has 0 spiro atoms. The minimum absolute atomic E-state index is 0.463. The third-order valence-electron chi connectivity index (χ3n) is 3.43. The fourth-order valence-corrected chi connectivity index (χ4v) is 2.70. The molecule has 0 aromatic carbocycles. The average molecular weight is 263 g/mol. The fraction of sp³-hybridized carbons (Fsp3) is 1.00. The molecule has 0 aliphatic carbocycles. The molecule has 6 heteroatoms. The zero-order valence-corrected chi connectivity index (χ0v) is 11.9. The molecule has 102 valence electrons. The molecule has 2 N–H and O–H groups in total. The van der Waals surface area contributed by atoms with Crippen molar-refractivity contribution >= 4 is 10.0 Å². The lowest BCUT2D eigenvalue weighted by molar-refractivity contribution is 0.190. The van der Waals surface area contributed by atoms with E-state index in [2.05, 4.69) is 28.9 Å². The van der Waals surface area contributed by atoms with Gasteiger partial charge >= 0.3 is 0 Å². The number of hydrogen-bond donors (Lipinski definition) is 2. The SMILES string of the molecule is CC(NCCNS(C)(=O)=O)C1CCN(C)CC1. The van der Waals surface area contributed by atoms with Crippen molar-refractivity contribution < 1.29 is 8.42 Å². The Kier molecular flexibility index (Phi) is 5.85. The van der Waals surface area contributed by atoms with Gasteiger partial charge in [0.1, 0.15) is 0 Å². The molecule has 1 aliphatic heterocycles. The summed E-state index contributed by atoms with van der Waals surface area (Å²) in [6, 6.07) is 0.463. The van der Waals surface area contributed by atoms with Gasteiger partial charge in [-0.05, 0) is 45.8 Å². The Morgan fingerprint density at radius 1 is 1.29 bits per heavy atom. The highest BCUT2D eigenvalue weighted by Crippen LogP contribution is 2.19. The first kappa shape index (κ1) is 14.9. The summed E-state index contributed by atoms with van der Waals surface area (Å²) in [4.78, 5) is 2.36. The molecule has 0 amide bonds. The maximum absolute atomic E-state index is 10.9. The number of likely N-dealkylation sites (tertiary alicyclic amines) is 1. The van der Waals surface area contributed by atoms with Gasteiger partial charge in [0.2, 0.25) is 10.0 Å². The lowest BCUT2D eigenvalue weighted by Gasteiger charge is -2.33. The second kappa shape index (κ2) is 6.68. The van der Waals surface area contributed by atoms with Crippen molar-refractivity contribution in [3.05, 3.63) is 0 Å². The smallest absolute Gasteiger partial charge is 0.208 e. The number of sulfonamides is 1. The van der Waals surface area contributed by atoms with Crippen LogP contribution in [0.3, 0.4) is 0 Å². The highest BCUT2D eigenvalue weighted by molar-refractivity contribution is 7.88. The summed E-state index contributed by atoms with van der Waals surface area (Å²) in [5.41, 5.74) is 0. The molecular weight excluding hydrogens is 238 g/mol. The van der Waals surface area contributed by atoms with Gasteiger partial charge in [-0.2, -0.15) is 0 Å². The Balaban J connectivity index is 2.14. The van der Waals surface area contributed by atoms with Crippen molar-refractivity contribution in [3.63, 3.8) is 0 Å². The Bertz CT molecular complexity index is 311. The fourth-order valence-electron chi connectivity index (χ4n) is 2.23. The summed E-state index contributed by atoms with van der Waals surface area (Å²) in [7, 11) is -0.894. The Labute approximate surface area is 105 Å². The zero-order chi connectivity index (χ0) is 12.9. The van der Waals surface area contributed by atoms with Gasteiger partial charge in [-0.25, -0.2) is 13.1 Å². The summed E-state index contributed by atoms with van der Waals surface area (Å²) < 4.78 is 24.2. The molecule has 1 rings (SSSR count). The van der Waals surface area contributed by atoms with Gasteiger partial charge in [0, 0.05) is 19.1 Å². The van der Waals surface area contributed by atoms with E-state index in [-0.39, 0.29) is 0 Å². The molecular formula is C11H25N3O2S. The van der Waals surface area contributed by atoms with Gasteiger partial charge in [-0.15, -0.1) is 0 Å². The van der Waals surface area contributed by atoms with Crippen molar-refractivity contribution in [2.75, 3.05) is 39.5 Å². The van der Waals surface area contributed by atoms with Crippen LogP contribution in [0.5, 0.6) is 0 Å². The van der Waals surface area contributed by atoms with E-state index in [0.717, 1.165) is 13.1 Å². The molecule has 0 saturated carbocycles. The molecule has 0 bridgehead atoms. The largest absolute Gasteiger partial charge is 0.313 e. The maximum Gasteiger partial charge on any atom is 0.208 e. The standard InChI is InChI=1S/C11H25N3O2S/c1-10(11-4-8-14(2)9-5-11)12-6-7-13-17(3,15)16/h10-13H,4-9H2,1-3H3. The van der Waals surface area contributed by atoms with Gasteiger partial charge in [0.15, 0.2) is 0 Å². The molecule has 1 saturated heterocycles. The molecule has 17 heavy (non-hydrogen) atoms. The molecule has 1 atom stereocenters. The first-order valence-corrected chi connectivity index (χ1v) is 8.14. The first-order valence-electron chi connectivity index (χ1n) is 6.25. The number of piperidine rings is 1. The van der Waals surface area contributed by atoms with Crippen LogP contribution >= 0.6 is 0 Å². The van der Waals surface area contributed by atoms with E-state index in [1.54, 1.807) is 0 Å². The normalized spacial score (nSPS) is 21.6. The van der Waals surface area contributed by atoms with E-state index in [9.17, 15) is 8.42 Å². The van der Waals surface area contributed by atoms with Crippen LogP contribution in [-0.4, -0.2) is 58.8 Å². The predicted octanol–water partition coefficient (Wildman–Crippen LogP) is -0.144. The van der Waals surface area contributed by atoms with Crippen LogP contribution < -0.4 is 10.0 Å². The number of rotatable bonds is 6. The van der Waals surface area contributed by atoms with Crippen LogP contribution in [0.25, 0.3) is 0 Å². The Morgan fingerprint density at radius 2 is 1.88 bits per heavy atom. The van der Waals surface area contributed by atoms with Crippen molar-refractivity contribution in [1.82, 2.24) is 14.9 Å². The van der Waals surface area contributed by atoms with Crippen LogP contribution in [0, 0.1) is 5.92 Å². The minimum Gasteiger partial charge on any atom is -0.313 e. The average Bonchev–Trinajstić information content (AvgIpc) is 2.24. The summed E-state index contributed by atoms with van der Waals surface area (Å²) in [6.07, 6.45) is 3.64. The number of nitrogens with zero attached hydrogens (tertiary/aromatic N) is 1. The van der Waals surface area contributed by atoms with Gasteiger partial charge in [-0.1, -0.05) is 0 Å². The lowest BCUT2D eigenvalue weighted by atomic mass is 9.90. The monoisotopic (exact) mass is 263 g/mol. The molecule has 0 aromatic rings. The van der Waals surface area contributed by atoms with Crippen LogP contribution in [0.2, 0.25) is 0 Å². The van der Waals surface area contributed by atoms with E-state index >= 15 is 0 Å². The molecule has 0 radical (unpaired) electrons. The van der Waals surface area contributed by atoms with Crippen LogP contribution in [0.1, 0.15) is 19.8 Å². The quantitative estimate of drug-likeness (QED) is 0.655. The highest BCUT2D eigenvalue weighted by Gasteiger charge is 2.21. The summed E-state index contributed by atoms with van der Waals surface area (Å²) in [5, 5.41) is 3.39. The summed E-state index contributed by atoms with van der Waals surface area (Å²) >= 11 is 0. The van der Waals surface area contributed by atoms with E-state index in [1.165, 1.54) is 19.1 Å². The van der Waals surface area contributed by atoms with Crippen molar-refractivity contribution in [2.45, 2.75) is 25.8 Å². The zero-order valence-electron chi connectivity index (χ0n) is 11.1. The van der Waals surface area contributed by atoms with E-state index in [4.69, 9.17) is 0 Å². The van der Waals surface area contributed by atoms with Gasteiger partial charge in [-0.3, -0.25) is 0 Å². The van der Waals surface area contributed by atoms with Gasteiger partial charge < -0.3 is 10.2 Å². The second-order valence-electron chi connectivity index (χ2n) is 5.05. The number of hydrogen-bond acceptors (Lipinski definition) is 4. The van der Waals surface area contributed by atoms with Crippen molar-refractivity contribution in [1.29, 1.82) is 0 Å². The maximum atomic E-state index is 10.9. The molecule has 1 aliphatic rings. The molecule has 5 nitrogen and oxygen atoms in total. The predicted molar refractivity (Wildman–Crippen MR) is 70.5 cm³/mol. The molecule has 1 unspecified atom stereocenters. The molecule has 1 heterocycles. The van der Waals surface area contributed by atoms with E-state index in [1.807, 2.05) is 0 Å². The third-order valence-corrected chi connectivity index (χ3v) is 4.15. The van der Waals surface area contributed by atoms with Gasteiger partial charge in [0.05, 0.1) is 6.26 Å². The minimum atomic E-state index is -3.05. The topological polar surface area (TPSA) is 61.4 Å². The van der Waals surface area contributed by atoms with Gasteiger partial charge in [0.25, 0.3) is 0 Å². The van der Waals surface area contributed by atoms with E-state index < -0.39 is 10.0 Å². The Morgan fingerprint density at radius 3 is 2.41 bits per heavy atom. The number of nitrogens with one attached hydrogen (secondary N) is 2. The van der Waals surface area contributed by atoms with Crippen LogP contribution in [0.15, 0.2) is 0 Å². The molecule has 0 aromatic heterocycles. The van der Waals surface area contributed by atoms with Crippen molar-refractivity contribution in [2.24, 2.45) is 5.92 Å². The third kappa shape index (κ3) is 6.35. The Hall–Kier alpha value is -0.170. The van der Waals surface area contributed by atoms with Crippen molar-refractivity contribution in [3.8, 4) is 0 Å².